The van der Waals surface area contributed by atoms with Crippen LogP contribution in [0.2, 0.25) is 5.02 Å². The Bertz CT molecular complexity index is 485. The zero-order valence-electron chi connectivity index (χ0n) is 8.91. The zero-order valence-corrected chi connectivity index (χ0v) is 9.67. The minimum absolute atomic E-state index is 0.681. The SMILES string of the molecule is NCCCNc1ccc(Cl)c2ncccc12. The Morgan fingerprint density at radius 3 is 3.00 bits per heavy atom. The van der Waals surface area contributed by atoms with Crippen LogP contribution in [0.5, 0.6) is 0 Å². The van der Waals surface area contributed by atoms with Crippen molar-refractivity contribution < 1.29 is 0 Å². The van der Waals surface area contributed by atoms with Gasteiger partial charge in [-0.25, -0.2) is 0 Å². The van der Waals surface area contributed by atoms with Crippen LogP contribution in [0.4, 0.5) is 5.69 Å². The number of halogens is 1. The van der Waals surface area contributed by atoms with E-state index in [0.29, 0.717) is 11.6 Å². The van der Waals surface area contributed by atoms with Crippen molar-refractivity contribution in [2.45, 2.75) is 6.42 Å². The van der Waals surface area contributed by atoms with Crippen molar-refractivity contribution in [1.29, 1.82) is 0 Å². The maximum absolute atomic E-state index is 6.08. The first-order valence-corrected chi connectivity index (χ1v) is 5.68. The van der Waals surface area contributed by atoms with Crippen LogP contribution in [-0.4, -0.2) is 18.1 Å². The summed E-state index contributed by atoms with van der Waals surface area (Å²) in [7, 11) is 0. The first kappa shape index (κ1) is 11.2. The summed E-state index contributed by atoms with van der Waals surface area (Å²) in [6, 6.07) is 7.76. The van der Waals surface area contributed by atoms with E-state index in [2.05, 4.69) is 10.3 Å². The molecule has 1 heterocycles. The third-order valence-electron chi connectivity index (χ3n) is 2.42. The molecule has 0 unspecified atom stereocenters. The van der Waals surface area contributed by atoms with Crippen molar-refractivity contribution in [3.8, 4) is 0 Å². The van der Waals surface area contributed by atoms with Crippen LogP contribution < -0.4 is 11.1 Å². The fourth-order valence-corrected chi connectivity index (χ4v) is 1.83. The van der Waals surface area contributed by atoms with Gasteiger partial charge in [0.2, 0.25) is 0 Å². The molecule has 0 amide bonds. The number of benzene rings is 1. The van der Waals surface area contributed by atoms with Crippen LogP contribution in [0.3, 0.4) is 0 Å². The van der Waals surface area contributed by atoms with Crippen LogP contribution in [0.25, 0.3) is 10.9 Å². The minimum atomic E-state index is 0.681. The van der Waals surface area contributed by atoms with Gasteiger partial charge in [0.15, 0.2) is 0 Å². The van der Waals surface area contributed by atoms with E-state index >= 15 is 0 Å². The van der Waals surface area contributed by atoms with E-state index < -0.39 is 0 Å². The lowest BCUT2D eigenvalue weighted by atomic mass is 10.2. The number of hydrogen-bond acceptors (Lipinski definition) is 3. The standard InChI is InChI=1S/C12H14ClN3/c13-10-4-5-11(15-8-2-6-14)9-3-1-7-16-12(9)10/h1,3-5,7,15H,2,6,8,14H2. The summed E-state index contributed by atoms with van der Waals surface area (Å²) in [5.74, 6) is 0. The van der Waals surface area contributed by atoms with Crippen molar-refractivity contribution in [2.75, 3.05) is 18.4 Å². The maximum atomic E-state index is 6.08. The number of hydrogen-bond donors (Lipinski definition) is 2. The Morgan fingerprint density at radius 2 is 2.19 bits per heavy atom. The van der Waals surface area contributed by atoms with Crippen molar-refractivity contribution in [2.24, 2.45) is 5.73 Å². The van der Waals surface area contributed by atoms with Crippen LogP contribution in [0, 0.1) is 0 Å². The Morgan fingerprint density at radius 1 is 1.31 bits per heavy atom. The number of rotatable bonds is 4. The normalized spacial score (nSPS) is 10.6. The highest BCUT2D eigenvalue weighted by Crippen LogP contribution is 2.27. The maximum Gasteiger partial charge on any atom is 0.0908 e. The summed E-state index contributed by atoms with van der Waals surface area (Å²) in [5, 5.41) is 5.07. The van der Waals surface area contributed by atoms with Crippen LogP contribution in [-0.2, 0) is 0 Å². The highest BCUT2D eigenvalue weighted by molar-refractivity contribution is 6.35. The first-order chi connectivity index (χ1) is 7.83. The molecule has 0 atom stereocenters. The lowest BCUT2D eigenvalue weighted by Crippen LogP contribution is -2.08. The lowest BCUT2D eigenvalue weighted by molar-refractivity contribution is 0.875. The van der Waals surface area contributed by atoms with Gasteiger partial charge < -0.3 is 11.1 Å². The Labute approximate surface area is 99.6 Å². The molecule has 0 radical (unpaired) electrons. The molecule has 0 bridgehead atoms. The highest BCUT2D eigenvalue weighted by atomic mass is 35.5. The molecule has 3 nitrogen and oxygen atoms in total. The molecular formula is C12H14ClN3. The molecule has 3 N–H and O–H groups in total. The molecule has 0 aliphatic heterocycles. The quantitative estimate of drug-likeness (QED) is 0.801. The minimum Gasteiger partial charge on any atom is -0.384 e. The van der Waals surface area contributed by atoms with Gasteiger partial charge in [-0.3, -0.25) is 4.98 Å². The lowest BCUT2D eigenvalue weighted by Gasteiger charge is -2.09. The average Bonchev–Trinajstić information content (AvgIpc) is 2.33. The summed E-state index contributed by atoms with van der Waals surface area (Å²) < 4.78 is 0. The molecule has 2 rings (SSSR count). The van der Waals surface area contributed by atoms with Gasteiger partial charge in [0.1, 0.15) is 0 Å². The third-order valence-corrected chi connectivity index (χ3v) is 2.72. The second-order valence-electron chi connectivity index (χ2n) is 3.56. The number of nitrogens with one attached hydrogen (secondary N) is 1. The molecule has 84 valence electrons. The van der Waals surface area contributed by atoms with E-state index in [1.807, 2.05) is 24.3 Å². The molecule has 0 fully saturated rings. The van der Waals surface area contributed by atoms with E-state index in [1.165, 1.54) is 0 Å². The molecule has 0 aliphatic carbocycles. The number of nitrogens with zero attached hydrogens (tertiary/aromatic N) is 1. The summed E-state index contributed by atoms with van der Waals surface area (Å²) in [5.41, 5.74) is 7.35. The van der Waals surface area contributed by atoms with Crippen LogP contribution in [0.15, 0.2) is 30.5 Å². The summed E-state index contributed by atoms with van der Waals surface area (Å²) in [6.45, 7) is 1.55. The number of aromatic nitrogens is 1. The van der Waals surface area contributed by atoms with Crippen LogP contribution in [0.1, 0.15) is 6.42 Å². The predicted octanol–water partition coefficient (Wildman–Crippen LogP) is 2.65. The van der Waals surface area contributed by atoms with Crippen LogP contribution >= 0.6 is 11.6 Å². The smallest absolute Gasteiger partial charge is 0.0908 e. The molecule has 16 heavy (non-hydrogen) atoms. The van der Waals surface area contributed by atoms with Crippen molar-refractivity contribution in [3.63, 3.8) is 0 Å². The van der Waals surface area contributed by atoms with Gasteiger partial charge >= 0.3 is 0 Å². The molecule has 0 saturated carbocycles. The number of fused-ring (bicyclic) bond motifs is 1. The fourth-order valence-electron chi connectivity index (χ4n) is 1.62. The van der Waals surface area contributed by atoms with E-state index in [1.54, 1.807) is 6.20 Å². The van der Waals surface area contributed by atoms with Crippen molar-refractivity contribution in [3.05, 3.63) is 35.5 Å². The highest BCUT2D eigenvalue weighted by Gasteiger charge is 2.04. The van der Waals surface area contributed by atoms with Crippen molar-refractivity contribution in [1.82, 2.24) is 4.98 Å². The van der Waals surface area contributed by atoms with Gasteiger partial charge in [-0.2, -0.15) is 0 Å². The molecule has 0 saturated heterocycles. The zero-order chi connectivity index (χ0) is 11.4. The first-order valence-electron chi connectivity index (χ1n) is 5.30. The van der Waals surface area contributed by atoms with E-state index in [4.69, 9.17) is 17.3 Å². The summed E-state index contributed by atoms with van der Waals surface area (Å²) in [6.07, 6.45) is 2.70. The van der Waals surface area contributed by atoms with Gasteiger partial charge in [-0.15, -0.1) is 0 Å². The molecular weight excluding hydrogens is 222 g/mol. The summed E-state index contributed by atoms with van der Waals surface area (Å²) >= 11 is 6.08. The molecule has 0 spiro atoms. The fraction of sp³-hybridized carbons (Fsp3) is 0.250. The topological polar surface area (TPSA) is 50.9 Å². The van der Waals surface area contributed by atoms with Gasteiger partial charge in [0.05, 0.1) is 10.5 Å². The Kier molecular flexibility index (Phi) is 3.59. The largest absolute Gasteiger partial charge is 0.384 e. The Hall–Kier alpha value is -1.32. The number of pyridine rings is 1. The van der Waals surface area contributed by atoms with Gasteiger partial charge in [-0.1, -0.05) is 11.6 Å². The van der Waals surface area contributed by atoms with Gasteiger partial charge in [-0.05, 0) is 37.2 Å². The molecule has 2 aromatic rings. The average molecular weight is 236 g/mol. The van der Waals surface area contributed by atoms with Gasteiger partial charge in [0.25, 0.3) is 0 Å². The van der Waals surface area contributed by atoms with Gasteiger partial charge in [0, 0.05) is 23.8 Å². The molecule has 1 aromatic carbocycles. The second kappa shape index (κ2) is 5.14. The number of nitrogens with two attached hydrogens (primary N) is 1. The number of anilines is 1. The molecule has 0 aliphatic rings. The van der Waals surface area contributed by atoms with E-state index in [-0.39, 0.29) is 0 Å². The second-order valence-corrected chi connectivity index (χ2v) is 3.97. The summed E-state index contributed by atoms with van der Waals surface area (Å²) in [4.78, 5) is 4.27. The Balaban J connectivity index is 2.35. The third kappa shape index (κ3) is 2.26. The van der Waals surface area contributed by atoms with E-state index in [0.717, 1.165) is 29.6 Å². The predicted molar refractivity (Wildman–Crippen MR) is 68.9 cm³/mol. The molecule has 1 aromatic heterocycles. The molecule has 4 heteroatoms. The van der Waals surface area contributed by atoms with Crippen molar-refractivity contribution >= 4 is 28.2 Å². The van der Waals surface area contributed by atoms with E-state index in [9.17, 15) is 0 Å². The monoisotopic (exact) mass is 235 g/mol.